The maximum absolute atomic E-state index is 12.9. The zero-order valence-corrected chi connectivity index (χ0v) is 10.1. The lowest BCUT2D eigenvalue weighted by Gasteiger charge is -2.12. The molecule has 0 spiro atoms. The van der Waals surface area contributed by atoms with Gasteiger partial charge in [0.1, 0.15) is 5.82 Å². The smallest absolute Gasteiger partial charge is 0.224 e. The van der Waals surface area contributed by atoms with Crippen LogP contribution in [0, 0.1) is 11.7 Å². The van der Waals surface area contributed by atoms with Crippen molar-refractivity contribution in [3.63, 3.8) is 0 Å². The number of carbonyl (C=O) groups is 1. The molecule has 2 nitrogen and oxygen atoms in total. The number of nitrogens with one attached hydrogen (secondary N) is 1. The predicted octanol–water partition coefficient (Wildman–Crippen LogP) is 2.67. The highest BCUT2D eigenvalue weighted by Crippen LogP contribution is 2.24. The molecule has 2 unspecified atom stereocenters. The minimum Gasteiger partial charge on any atom is -0.353 e. The quantitative estimate of drug-likeness (QED) is 0.857. The lowest BCUT2D eigenvalue weighted by Crippen LogP contribution is -2.34. The maximum Gasteiger partial charge on any atom is 0.224 e. The Morgan fingerprint density at radius 2 is 2.29 bits per heavy atom. The number of rotatable bonds is 3. The summed E-state index contributed by atoms with van der Waals surface area (Å²) in [6, 6.07) is 6.53. The summed E-state index contributed by atoms with van der Waals surface area (Å²) < 4.78 is 12.9. The van der Waals surface area contributed by atoms with E-state index in [1.165, 1.54) is 18.6 Å². The van der Waals surface area contributed by atoms with E-state index >= 15 is 0 Å². The fourth-order valence-corrected chi connectivity index (χ4v) is 2.45. The number of amides is 1. The van der Waals surface area contributed by atoms with Crippen molar-refractivity contribution in [3.05, 3.63) is 35.6 Å². The summed E-state index contributed by atoms with van der Waals surface area (Å²) in [6.07, 6.45) is 3.58. The van der Waals surface area contributed by atoms with Crippen molar-refractivity contribution in [2.45, 2.75) is 38.6 Å². The van der Waals surface area contributed by atoms with Crippen molar-refractivity contribution in [2.24, 2.45) is 5.92 Å². The van der Waals surface area contributed by atoms with E-state index < -0.39 is 0 Å². The number of hydrogen-bond acceptors (Lipinski definition) is 1. The fourth-order valence-electron chi connectivity index (χ4n) is 2.45. The SMILES string of the molecule is CC1CCC(NC(=O)Cc2cccc(F)c2)C1. The Hall–Kier alpha value is -1.38. The Labute approximate surface area is 101 Å². The third-order valence-electron chi connectivity index (χ3n) is 3.31. The molecule has 0 aliphatic heterocycles. The summed E-state index contributed by atoms with van der Waals surface area (Å²) in [6.45, 7) is 2.21. The molecule has 1 fully saturated rings. The minimum absolute atomic E-state index is 0.00491. The molecule has 1 aliphatic carbocycles. The maximum atomic E-state index is 12.9. The van der Waals surface area contributed by atoms with E-state index in [0.717, 1.165) is 18.4 Å². The van der Waals surface area contributed by atoms with Gasteiger partial charge >= 0.3 is 0 Å². The molecular weight excluding hydrogens is 217 g/mol. The van der Waals surface area contributed by atoms with E-state index in [4.69, 9.17) is 0 Å². The molecule has 0 saturated heterocycles. The summed E-state index contributed by atoms with van der Waals surface area (Å²) in [4.78, 5) is 11.8. The zero-order valence-electron chi connectivity index (χ0n) is 10.1. The van der Waals surface area contributed by atoms with Crippen LogP contribution in [-0.4, -0.2) is 11.9 Å². The highest BCUT2D eigenvalue weighted by Gasteiger charge is 2.22. The van der Waals surface area contributed by atoms with Gasteiger partial charge in [-0.15, -0.1) is 0 Å². The second-order valence-corrected chi connectivity index (χ2v) is 4.99. The highest BCUT2D eigenvalue weighted by molar-refractivity contribution is 5.78. The van der Waals surface area contributed by atoms with Crippen LogP contribution in [0.4, 0.5) is 4.39 Å². The summed E-state index contributed by atoms with van der Waals surface area (Å²) in [5, 5.41) is 3.02. The molecular formula is C14H18FNO. The fraction of sp³-hybridized carbons (Fsp3) is 0.500. The van der Waals surface area contributed by atoms with Crippen molar-refractivity contribution in [2.75, 3.05) is 0 Å². The molecule has 0 bridgehead atoms. The first-order chi connectivity index (χ1) is 8.13. The van der Waals surface area contributed by atoms with Crippen LogP contribution in [-0.2, 0) is 11.2 Å². The number of halogens is 1. The average molecular weight is 235 g/mol. The van der Waals surface area contributed by atoms with Gasteiger partial charge in [0.15, 0.2) is 0 Å². The summed E-state index contributed by atoms with van der Waals surface area (Å²) in [5.41, 5.74) is 0.730. The molecule has 1 aliphatic rings. The lowest BCUT2D eigenvalue weighted by atomic mass is 10.1. The van der Waals surface area contributed by atoms with E-state index in [0.29, 0.717) is 12.0 Å². The van der Waals surface area contributed by atoms with Crippen molar-refractivity contribution in [1.29, 1.82) is 0 Å². The molecule has 1 aromatic rings. The van der Waals surface area contributed by atoms with Gasteiger partial charge in [-0.05, 0) is 42.9 Å². The minimum atomic E-state index is -0.287. The van der Waals surface area contributed by atoms with Crippen molar-refractivity contribution in [1.82, 2.24) is 5.32 Å². The van der Waals surface area contributed by atoms with E-state index in [1.807, 2.05) is 0 Å². The van der Waals surface area contributed by atoms with E-state index in [1.54, 1.807) is 12.1 Å². The first-order valence-corrected chi connectivity index (χ1v) is 6.17. The summed E-state index contributed by atoms with van der Waals surface area (Å²) >= 11 is 0. The molecule has 1 saturated carbocycles. The Morgan fingerprint density at radius 1 is 1.47 bits per heavy atom. The van der Waals surface area contributed by atoms with Gasteiger partial charge < -0.3 is 5.32 Å². The summed E-state index contributed by atoms with van der Waals surface area (Å²) in [7, 11) is 0. The Balaban J connectivity index is 1.85. The Bertz CT molecular complexity index is 405. The normalized spacial score (nSPS) is 23.6. The molecule has 2 rings (SSSR count). The van der Waals surface area contributed by atoms with E-state index in [-0.39, 0.29) is 18.1 Å². The molecule has 3 heteroatoms. The van der Waals surface area contributed by atoms with Gasteiger partial charge in [-0.25, -0.2) is 4.39 Å². The second-order valence-electron chi connectivity index (χ2n) is 4.99. The Kier molecular flexibility index (Phi) is 3.77. The Morgan fingerprint density at radius 3 is 2.94 bits per heavy atom. The van der Waals surface area contributed by atoms with Gasteiger partial charge in [-0.1, -0.05) is 19.1 Å². The molecule has 0 aromatic heterocycles. The molecule has 92 valence electrons. The van der Waals surface area contributed by atoms with Crippen LogP contribution >= 0.6 is 0 Å². The predicted molar refractivity (Wildman–Crippen MR) is 65.0 cm³/mol. The first-order valence-electron chi connectivity index (χ1n) is 6.17. The van der Waals surface area contributed by atoms with Crippen LogP contribution in [0.2, 0.25) is 0 Å². The average Bonchev–Trinajstić information content (AvgIpc) is 2.63. The number of hydrogen-bond donors (Lipinski definition) is 1. The second kappa shape index (κ2) is 5.30. The van der Waals surface area contributed by atoms with Crippen molar-refractivity contribution in [3.8, 4) is 0 Å². The molecule has 0 heterocycles. The van der Waals surface area contributed by atoms with Gasteiger partial charge in [0, 0.05) is 6.04 Å². The van der Waals surface area contributed by atoms with Crippen molar-refractivity contribution >= 4 is 5.91 Å². The van der Waals surface area contributed by atoms with Gasteiger partial charge in [0.05, 0.1) is 6.42 Å². The molecule has 0 radical (unpaired) electrons. The van der Waals surface area contributed by atoms with Gasteiger partial charge in [0.25, 0.3) is 0 Å². The molecule has 1 amide bonds. The number of carbonyl (C=O) groups excluding carboxylic acids is 1. The molecule has 1 N–H and O–H groups in total. The molecule has 2 atom stereocenters. The monoisotopic (exact) mass is 235 g/mol. The van der Waals surface area contributed by atoms with Crippen LogP contribution in [0.15, 0.2) is 24.3 Å². The largest absolute Gasteiger partial charge is 0.353 e. The third-order valence-corrected chi connectivity index (χ3v) is 3.31. The lowest BCUT2D eigenvalue weighted by molar-refractivity contribution is -0.121. The van der Waals surface area contributed by atoms with Crippen molar-refractivity contribution < 1.29 is 9.18 Å². The molecule has 1 aromatic carbocycles. The number of benzene rings is 1. The van der Waals surface area contributed by atoms with E-state index in [2.05, 4.69) is 12.2 Å². The van der Waals surface area contributed by atoms with Gasteiger partial charge in [-0.3, -0.25) is 4.79 Å². The van der Waals surface area contributed by atoms with Crippen LogP contribution in [0.3, 0.4) is 0 Å². The zero-order chi connectivity index (χ0) is 12.3. The first kappa shape index (κ1) is 12.1. The third kappa shape index (κ3) is 3.55. The standard InChI is InChI=1S/C14H18FNO/c1-10-5-6-13(7-10)16-14(17)9-11-3-2-4-12(15)8-11/h2-4,8,10,13H,5-7,9H2,1H3,(H,16,17). The van der Waals surface area contributed by atoms with Gasteiger partial charge in [-0.2, -0.15) is 0 Å². The highest BCUT2D eigenvalue weighted by atomic mass is 19.1. The van der Waals surface area contributed by atoms with Gasteiger partial charge in [0.2, 0.25) is 5.91 Å². The van der Waals surface area contributed by atoms with Crippen LogP contribution in [0.1, 0.15) is 31.7 Å². The van der Waals surface area contributed by atoms with Crippen LogP contribution in [0.5, 0.6) is 0 Å². The van der Waals surface area contributed by atoms with Crippen LogP contribution in [0.25, 0.3) is 0 Å². The summed E-state index contributed by atoms with van der Waals surface area (Å²) in [5.74, 6) is 0.411. The van der Waals surface area contributed by atoms with E-state index in [9.17, 15) is 9.18 Å². The topological polar surface area (TPSA) is 29.1 Å². The van der Waals surface area contributed by atoms with Crippen LogP contribution < -0.4 is 5.32 Å². The molecule has 17 heavy (non-hydrogen) atoms.